The van der Waals surface area contributed by atoms with Gasteiger partial charge in [0.1, 0.15) is 11.5 Å². The zero-order valence-electron chi connectivity index (χ0n) is 18.4. The van der Waals surface area contributed by atoms with E-state index in [2.05, 4.69) is 47.7 Å². The Labute approximate surface area is 201 Å². The number of nitrogens with zero attached hydrogens (tertiary/aromatic N) is 1. The largest absolute Gasteiger partial charge is 0.493 e. The van der Waals surface area contributed by atoms with Gasteiger partial charge < -0.3 is 25.8 Å². The van der Waals surface area contributed by atoms with Crippen LogP contribution < -0.4 is 25.8 Å². The Hall–Kier alpha value is -2.49. The van der Waals surface area contributed by atoms with Gasteiger partial charge in [-0.25, -0.2) is 0 Å². The van der Waals surface area contributed by atoms with Gasteiger partial charge in [-0.05, 0) is 49.1 Å². The molecule has 0 radical (unpaired) electrons. The SMILES string of the molecule is CCCOc1cc(C)ccc1CNC(=NC)NCCc1ccc(OCC(N)=O)cc1.I. The fraction of sp³-hybridized carbons (Fsp3) is 0.391. The lowest BCUT2D eigenvalue weighted by Crippen LogP contribution is -2.37. The van der Waals surface area contributed by atoms with Crippen LogP contribution in [-0.4, -0.2) is 38.7 Å². The van der Waals surface area contributed by atoms with Gasteiger partial charge in [-0.2, -0.15) is 0 Å². The van der Waals surface area contributed by atoms with Crippen LogP contribution in [0.25, 0.3) is 0 Å². The molecule has 4 N–H and O–H groups in total. The molecular formula is C23H33IN4O3. The fourth-order valence-electron chi connectivity index (χ4n) is 2.79. The molecule has 0 atom stereocenters. The summed E-state index contributed by atoms with van der Waals surface area (Å²) in [6, 6.07) is 13.8. The van der Waals surface area contributed by atoms with Crippen molar-refractivity contribution < 1.29 is 14.3 Å². The number of nitrogens with two attached hydrogens (primary N) is 1. The van der Waals surface area contributed by atoms with Gasteiger partial charge in [0, 0.05) is 25.7 Å². The van der Waals surface area contributed by atoms with E-state index >= 15 is 0 Å². The first kappa shape index (κ1) is 26.5. The molecule has 8 heteroatoms. The lowest BCUT2D eigenvalue weighted by Gasteiger charge is -2.15. The number of rotatable bonds is 11. The van der Waals surface area contributed by atoms with Crippen LogP contribution in [0.2, 0.25) is 0 Å². The minimum atomic E-state index is -0.489. The summed E-state index contributed by atoms with van der Waals surface area (Å²) >= 11 is 0. The number of aliphatic imine (C=N–C) groups is 1. The van der Waals surface area contributed by atoms with Crippen molar-refractivity contribution in [2.75, 3.05) is 26.8 Å². The van der Waals surface area contributed by atoms with Gasteiger partial charge in [0.25, 0.3) is 5.91 Å². The molecule has 0 fully saturated rings. The molecule has 0 aromatic heterocycles. The molecule has 0 aliphatic carbocycles. The van der Waals surface area contributed by atoms with Gasteiger partial charge in [0.05, 0.1) is 6.61 Å². The predicted octanol–water partition coefficient (Wildman–Crippen LogP) is 3.17. The van der Waals surface area contributed by atoms with E-state index in [0.717, 1.165) is 42.2 Å². The lowest BCUT2D eigenvalue weighted by atomic mass is 10.1. The van der Waals surface area contributed by atoms with Crippen LogP contribution in [0.1, 0.15) is 30.0 Å². The number of hydrogen-bond donors (Lipinski definition) is 3. The monoisotopic (exact) mass is 540 g/mol. The number of benzene rings is 2. The number of aryl methyl sites for hydroxylation is 1. The topological polar surface area (TPSA) is 98.0 Å². The lowest BCUT2D eigenvalue weighted by molar-refractivity contribution is -0.119. The van der Waals surface area contributed by atoms with Crippen molar-refractivity contribution in [2.24, 2.45) is 10.7 Å². The standard InChI is InChI=1S/C23H32N4O3.HI/c1-4-13-29-21-14-17(2)5-8-19(21)15-27-23(25-3)26-12-11-18-6-9-20(10-7-18)30-16-22(24)28;/h5-10,14H,4,11-13,15-16H2,1-3H3,(H2,24,28)(H2,25,26,27);1H. The highest BCUT2D eigenvalue weighted by molar-refractivity contribution is 14.0. The number of ether oxygens (including phenoxy) is 2. The molecule has 7 nitrogen and oxygen atoms in total. The molecule has 2 aromatic rings. The highest BCUT2D eigenvalue weighted by Crippen LogP contribution is 2.20. The zero-order chi connectivity index (χ0) is 21.8. The number of nitrogens with one attached hydrogen (secondary N) is 2. The van der Waals surface area contributed by atoms with Crippen molar-refractivity contribution in [3.63, 3.8) is 0 Å². The molecule has 0 saturated carbocycles. The normalized spacial score (nSPS) is 10.7. The Morgan fingerprint density at radius 3 is 2.48 bits per heavy atom. The van der Waals surface area contributed by atoms with E-state index in [-0.39, 0.29) is 30.6 Å². The maximum atomic E-state index is 10.8. The quantitative estimate of drug-likeness (QED) is 0.231. The van der Waals surface area contributed by atoms with Crippen molar-refractivity contribution in [3.8, 4) is 11.5 Å². The van der Waals surface area contributed by atoms with Gasteiger partial charge >= 0.3 is 0 Å². The highest BCUT2D eigenvalue weighted by atomic mass is 127. The van der Waals surface area contributed by atoms with Crippen molar-refractivity contribution >= 4 is 35.8 Å². The first-order chi connectivity index (χ1) is 14.5. The number of halogens is 1. The van der Waals surface area contributed by atoms with E-state index in [1.54, 1.807) is 7.05 Å². The van der Waals surface area contributed by atoms with E-state index in [0.29, 0.717) is 18.9 Å². The molecule has 31 heavy (non-hydrogen) atoms. The summed E-state index contributed by atoms with van der Waals surface area (Å²) in [4.78, 5) is 15.1. The van der Waals surface area contributed by atoms with E-state index in [1.165, 1.54) is 5.56 Å². The second kappa shape index (κ2) is 14.5. The minimum absolute atomic E-state index is 0. The van der Waals surface area contributed by atoms with Crippen LogP contribution in [0.15, 0.2) is 47.5 Å². The molecule has 2 aromatic carbocycles. The van der Waals surface area contributed by atoms with Crippen molar-refractivity contribution in [3.05, 3.63) is 59.2 Å². The van der Waals surface area contributed by atoms with Crippen LogP contribution in [0.3, 0.4) is 0 Å². The zero-order valence-corrected chi connectivity index (χ0v) is 20.8. The predicted molar refractivity (Wildman–Crippen MR) is 135 cm³/mol. The Bertz CT molecular complexity index is 841. The van der Waals surface area contributed by atoms with Gasteiger partial charge in [-0.3, -0.25) is 9.79 Å². The summed E-state index contributed by atoms with van der Waals surface area (Å²) in [5, 5.41) is 6.66. The molecule has 0 saturated heterocycles. The van der Waals surface area contributed by atoms with E-state index in [9.17, 15) is 4.79 Å². The number of carbonyl (C=O) groups is 1. The number of hydrogen-bond acceptors (Lipinski definition) is 4. The molecule has 0 unspecified atom stereocenters. The number of carbonyl (C=O) groups excluding carboxylic acids is 1. The molecule has 1 amide bonds. The maximum Gasteiger partial charge on any atom is 0.255 e. The van der Waals surface area contributed by atoms with E-state index in [4.69, 9.17) is 15.2 Å². The van der Waals surface area contributed by atoms with Crippen LogP contribution in [0.4, 0.5) is 0 Å². The molecule has 0 heterocycles. The highest BCUT2D eigenvalue weighted by Gasteiger charge is 2.06. The van der Waals surface area contributed by atoms with Gasteiger partial charge in [0.15, 0.2) is 12.6 Å². The van der Waals surface area contributed by atoms with Crippen molar-refractivity contribution in [1.29, 1.82) is 0 Å². The summed E-state index contributed by atoms with van der Waals surface area (Å²) in [6.45, 7) is 6.11. The molecule has 0 aliphatic heterocycles. The molecule has 2 rings (SSSR count). The summed E-state index contributed by atoms with van der Waals surface area (Å²) in [5.41, 5.74) is 8.51. The van der Waals surface area contributed by atoms with Crippen LogP contribution >= 0.6 is 24.0 Å². The van der Waals surface area contributed by atoms with Crippen molar-refractivity contribution in [2.45, 2.75) is 33.2 Å². The van der Waals surface area contributed by atoms with Crippen LogP contribution in [0.5, 0.6) is 11.5 Å². The second-order valence-electron chi connectivity index (χ2n) is 6.96. The Kier molecular flexibility index (Phi) is 12.4. The third-order valence-corrected chi connectivity index (χ3v) is 4.36. The number of amides is 1. The van der Waals surface area contributed by atoms with Gasteiger partial charge in [0.2, 0.25) is 0 Å². The second-order valence-corrected chi connectivity index (χ2v) is 6.96. The minimum Gasteiger partial charge on any atom is -0.493 e. The maximum absolute atomic E-state index is 10.8. The fourth-order valence-corrected chi connectivity index (χ4v) is 2.79. The third kappa shape index (κ3) is 9.91. The number of primary amides is 1. The van der Waals surface area contributed by atoms with E-state index in [1.807, 2.05) is 24.3 Å². The van der Waals surface area contributed by atoms with Gasteiger partial charge in [-0.15, -0.1) is 24.0 Å². The summed E-state index contributed by atoms with van der Waals surface area (Å²) in [5.74, 6) is 1.79. The smallest absolute Gasteiger partial charge is 0.255 e. The van der Waals surface area contributed by atoms with Crippen LogP contribution in [0, 0.1) is 6.92 Å². The van der Waals surface area contributed by atoms with Crippen molar-refractivity contribution in [1.82, 2.24) is 10.6 Å². The summed E-state index contributed by atoms with van der Waals surface area (Å²) < 4.78 is 11.1. The Morgan fingerprint density at radius 2 is 1.84 bits per heavy atom. The molecule has 170 valence electrons. The Balaban J connectivity index is 0.00000480. The van der Waals surface area contributed by atoms with Crippen LogP contribution in [-0.2, 0) is 17.8 Å². The molecule has 0 spiro atoms. The first-order valence-corrected chi connectivity index (χ1v) is 10.2. The van der Waals surface area contributed by atoms with Gasteiger partial charge in [-0.1, -0.05) is 31.2 Å². The average Bonchev–Trinajstić information content (AvgIpc) is 2.74. The van der Waals surface area contributed by atoms with E-state index < -0.39 is 5.91 Å². The number of guanidine groups is 1. The summed E-state index contributed by atoms with van der Waals surface area (Å²) in [7, 11) is 1.75. The molecule has 0 aliphatic rings. The average molecular weight is 540 g/mol. The molecule has 0 bridgehead atoms. The molecular weight excluding hydrogens is 507 g/mol. The third-order valence-electron chi connectivity index (χ3n) is 4.36. The first-order valence-electron chi connectivity index (χ1n) is 10.2. The summed E-state index contributed by atoms with van der Waals surface area (Å²) in [6.07, 6.45) is 1.80. The Morgan fingerprint density at radius 1 is 1.10 bits per heavy atom.